The Morgan fingerprint density at radius 1 is 1.55 bits per heavy atom. The second-order valence-electron chi connectivity index (χ2n) is 4.50. The minimum absolute atomic E-state index is 0.0466. The van der Waals surface area contributed by atoms with E-state index in [1.165, 1.54) is 12.5 Å². The summed E-state index contributed by atoms with van der Waals surface area (Å²) in [6.07, 6.45) is 3.36. The number of carbonyl (C=O) groups is 1. The van der Waals surface area contributed by atoms with Gasteiger partial charge in [-0.15, -0.1) is 0 Å². The average molecular weight is 302 g/mol. The van der Waals surface area contributed by atoms with Crippen molar-refractivity contribution in [2.45, 2.75) is 30.8 Å². The number of likely N-dealkylation sites (tertiary alicyclic amines) is 1. The molecule has 1 aromatic heterocycles. The molecule has 1 amide bonds. The predicted octanol–water partition coefficient (Wildman–Crippen LogP) is 0.309. The minimum Gasteiger partial charge on any atom is -0.450 e. The zero-order valence-electron chi connectivity index (χ0n) is 11.2. The smallest absolute Gasteiger partial charge is 0.409 e. The fourth-order valence-corrected chi connectivity index (χ4v) is 3.28. The molecule has 1 aliphatic heterocycles. The molecule has 0 radical (unpaired) electrons. The highest BCUT2D eigenvalue weighted by Crippen LogP contribution is 2.14. The topological polar surface area (TPSA) is 104 Å². The fraction of sp³-hybridized carbons (Fsp3) is 0.636. The Balaban J connectivity index is 1.87. The molecule has 8 nitrogen and oxygen atoms in total. The highest BCUT2D eigenvalue weighted by Gasteiger charge is 2.27. The van der Waals surface area contributed by atoms with E-state index in [-0.39, 0.29) is 17.2 Å². The molecule has 0 spiro atoms. The third kappa shape index (κ3) is 3.48. The van der Waals surface area contributed by atoms with Crippen molar-refractivity contribution in [1.29, 1.82) is 0 Å². The third-order valence-corrected chi connectivity index (χ3v) is 4.55. The van der Waals surface area contributed by atoms with Gasteiger partial charge in [-0.3, -0.25) is 0 Å². The van der Waals surface area contributed by atoms with Gasteiger partial charge in [0.05, 0.1) is 19.1 Å². The van der Waals surface area contributed by atoms with Crippen molar-refractivity contribution in [3.8, 4) is 0 Å². The van der Waals surface area contributed by atoms with Gasteiger partial charge in [-0.2, -0.15) is 0 Å². The van der Waals surface area contributed by atoms with Gasteiger partial charge in [0, 0.05) is 19.1 Å². The SMILES string of the molecule is CCOC(=O)N1CCC(NS(=O)(=O)c2cnc[nH]2)CC1. The zero-order valence-corrected chi connectivity index (χ0v) is 12.0. The molecule has 0 aliphatic carbocycles. The molecule has 0 atom stereocenters. The van der Waals surface area contributed by atoms with Gasteiger partial charge in [0.2, 0.25) is 0 Å². The number of amides is 1. The summed E-state index contributed by atoms with van der Waals surface area (Å²) in [6, 6.07) is -0.186. The van der Waals surface area contributed by atoms with Crippen LogP contribution in [0.3, 0.4) is 0 Å². The maximum Gasteiger partial charge on any atom is 0.409 e. The summed E-state index contributed by atoms with van der Waals surface area (Å²) in [6.45, 7) is 3.05. The first-order chi connectivity index (χ1) is 9.53. The second kappa shape index (κ2) is 6.23. The number of nitrogens with zero attached hydrogens (tertiary/aromatic N) is 2. The van der Waals surface area contributed by atoms with Gasteiger partial charge >= 0.3 is 6.09 Å². The Hall–Kier alpha value is -1.61. The lowest BCUT2D eigenvalue weighted by Gasteiger charge is -2.31. The van der Waals surface area contributed by atoms with E-state index in [0.717, 1.165) is 0 Å². The van der Waals surface area contributed by atoms with E-state index in [0.29, 0.717) is 32.5 Å². The van der Waals surface area contributed by atoms with Crippen LogP contribution in [0, 0.1) is 0 Å². The molecule has 2 heterocycles. The van der Waals surface area contributed by atoms with Crippen LogP contribution in [0.4, 0.5) is 4.79 Å². The Labute approximate surface area is 117 Å². The number of hydrogen-bond acceptors (Lipinski definition) is 5. The molecule has 2 N–H and O–H groups in total. The number of hydrogen-bond donors (Lipinski definition) is 2. The molecule has 0 unspecified atom stereocenters. The molecule has 1 fully saturated rings. The van der Waals surface area contributed by atoms with Crippen LogP contribution < -0.4 is 4.72 Å². The summed E-state index contributed by atoms with van der Waals surface area (Å²) in [5.41, 5.74) is 0. The van der Waals surface area contributed by atoms with E-state index in [1.54, 1.807) is 11.8 Å². The average Bonchev–Trinajstić information content (AvgIpc) is 2.94. The lowest BCUT2D eigenvalue weighted by Crippen LogP contribution is -2.46. The molecule has 1 saturated heterocycles. The highest BCUT2D eigenvalue weighted by atomic mass is 32.2. The number of rotatable bonds is 4. The van der Waals surface area contributed by atoms with Gasteiger partial charge in [-0.05, 0) is 19.8 Å². The molecular weight excluding hydrogens is 284 g/mol. The predicted molar refractivity (Wildman–Crippen MR) is 70.5 cm³/mol. The molecule has 1 aromatic rings. The van der Waals surface area contributed by atoms with Crippen molar-refractivity contribution in [1.82, 2.24) is 19.6 Å². The number of ether oxygens (including phenoxy) is 1. The van der Waals surface area contributed by atoms with Crippen molar-refractivity contribution in [2.75, 3.05) is 19.7 Å². The minimum atomic E-state index is -3.57. The summed E-state index contributed by atoms with van der Waals surface area (Å²) in [5.74, 6) is 0. The number of aromatic nitrogens is 2. The molecule has 0 saturated carbocycles. The van der Waals surface area contributed by atoms with Crippen LogP contribution in [0.1, 0.15) is 19.8 Å². The standard InChI is InChI=1S/C11H18N4O4S/c1-2-19-11(16)15-5-3-9(4-6-15)14-20(17,18)10-7-12-8-13-10/h7-9,14H,2-6H2,1H3,(H,12,13). The normalized spacial score (nSPS) is 17.1. The first-order valence-electron chi connectivity index (χ1n) is 6.45. The molecule has 20 heavy (non-hydrogen) atoms. The molecule has 0 bridgehead atoms. The maximum absolute atomic E-state index is 12.0. The summed E-state index contributed by atoms with van der Waals surface area (Å²) >= 11 is 0. The second-order valence-corrected chi connectivity index (χ2v) is 6.18. The monoisotopic (exact) mass is 302 g/mol. The highest BCUT2D eigenvalue weighted by molar-refractivity contribution is 7.89. The molecular formula is C11H18N4O4S. The molecule has 0 aromatic carbocycles. The summed E-state index contributed by atoms with van der Waals surface area (Å²) in [7, 11) is -3.57. The van der Waals surface area contributed by atoms with Gasteiger partial charge in [0.1, 0.15) is 0 Å². The Kier molecular flexibility index (Phi) is 4.61. The largest absolute Gasteiger partial charge is 0.450 e. The molecule has 9 heteroatoms. The van der Waals surface area contributed by atoms with Crippen LogP contribution in [0.25, 0.3) is 0 Å². The number of imidazole rings is 1. The van der Waals surface area contributed by atoms with Crippen molar-refractivity contribution in [3.63, 3.8) is 0 Å². The Morgan fingerprint density at radius 2 is 2.25 bits per heavy atom. The molecule has 1 aliphatic rings. The van der Waals surface area contributed by atoms with Crippen LogP contribution in [0.2, 0.25) is 0 Å². The number of nitrogens with one attached hydrogen (secondary N) is 2. The number of sulfonamides is 1. The van der Waals surface area contributed by atoms with E-state index >= 15 is 0 Å². The maximum atomic E-state index is 12.0. The number of piperidine rings is 1. The van der Waals surface area contributed by atoms with Crippen LogP contribution in [0.15, 0.2) is 17.6 Å². The van der Waals surface area contributed by atoms with Crippen molar-refractivity contribution < 1.29 is 17.9 Å². The lowest BCUT2D eigenvalue weighted by atomic mass is 10.1. The van der Waals surface area contributed by atoms with Crippen molar-refractivity contribution >= 4 is 16.1 Å². The van der Waals surface area contributed by atoms with Gasteiger partial charge in [-0.25, -0.2) is 22.9 Å². The number of H-pyrrole nitrogens is 1. The van der Waals surface area contributed by atoms with E-state index in [1.807, 2.05) is 0 Å². The Bertz CT molecular complexity index is 535. The lowest BCUT2D eigenvalue weighted by molar-refractivity contribution is 0.0966. The van der Waals surface area contributed by atoms with E-state index < -0.39 is 10.0 Å². The van der Waals surface area contributed by atoms with Crippen LogP contribution in [0.5, 0.6) is 0 Å². The number of carbonyl (C=O) groups excluding carboxylic acids is 1. The number of aromatic amines is 1. The van der Waals surface area contributed by atoms with E-state index in [9.17, 15) is 13.2 Å². The third-order valence-electron chi connectivity index (χ3n) is 3.11. The van der Waals surface area contributed by atoms with Gasteiger partial charge < -0.3 is 14.6 Å². The van der Waals surface area contributed by atoms with Crippen LogP contribution in [-0.4, -0.2) is 55.1 Å². The van der Waals surface area contributed by atoms with Crippen LogP contribution in [-0.2, 0) is 14.8 Å². The molecule has 112 valence electrons. The van der Waals surface area contributed by atoms with Crippen LogP contribution >= 0.6 is 0 Å². The summed E-state index contributed by atoms with van der Waals surface area (Å²) < 4.78 is 31.5. The quantitative estimate of drug-likeness (QED) is 0.833. The van der Waals surface area contributed by atoms with Crippen molar-refractivity contribution in [3.05, 3.63) is 12.5 Å². The van der Waals surface area contributed by atoms with E-state index in [4.69, 9.17) is 4.74 Å². The Morgan fingerprint density at radius 3 is 2.80 bits per heavy atom. The summed E-state index contributed by atoms with van der Waals surface area (Å²) in [5, 5.41) is 0.0466. The van der Waals surface area contributed by atoms with Gasteiger partial charge in [-0.1, -0.05) is 0 Å². The van der Waals surface area contributed by atoms with Crippen molar-refractivity contribution in [2.24, 2.45) is 0 Å². The van der Waals surface area contributed by atoms with Gasteiger partial charge in [0.25, 0.3) is 10.0 Å². The first-order valence-corrected chi connectivity index (χ1v) is 7.93. The fourth-order valence-electron chi connectivity index (χ4n) is 2.07. The molecule has 2 rings (SSSR count). The summed E-state index contributed by atoms with van der Waals surface area (Å²) in [4.78, 5) is 19.4. The first kappa shape index (κ1) is 14.8. The van der Waals surface area contributed by atoms with Gasteiger partial charge in [0.15, 0.2) is 5.03 Å². The van der Waals surface area contributed by atoms with E-state index in [2.05, 4.69) is 14.7 Å². The zero-order chi connectivity index (χ0) is 14.6.